The Kier molecular flexibility index (Phi) is 8.00. The van der Waals surface area contributed by atoms with Gasteiger partial charge in [0, 0.05) is 37.8 Å². The van der Waals surface area contributed by atoms with Crippen LogP contribution < -0.4 is 10.6 Å². The highest BCUT2D eigenvalue weighted by Gasteiger charge is 2.38. The molecule has 140 valence electrons. The van der Waals surface area contributed by atoms with E-state index in [1.807, 2.05) is 0 Å². The number of nitrogens with zero attached hydrogens (tertiary/aromatic N) is 2. The summed E-state index contributed by atoms with van der Waals surface area (Å²) >= 11 is 0. The van der Waals surface area contributed by atoms with E-state index < -0.39 is 0 Å². The van der Waals surface area contributed by atoms with Crippen LogP contribution in [0.5, 0.6) is 0 Å². The molecule has 1 aromatic rings. The lowest BCUT2D eigenvalue weighted by Gasteiger charge is -2.20. The van der Waals surface area contributed by atoms with E-state index in [0.717, 1.165) is 38.1 Å². The minimum Gasteiger partial charge on any atom is -0.357 e. The monoisotopic (exact) mass is 456 g/mol. The molecule has 1 aromatic carbocycles. The van der Waals surface area contributed by atoms with Crippen molar-refractivity contribution in [3.8, 4) is 0 Å². The van der Waals surface area contributed by atoms with Gasteiger partial charge in [-0.05, 0) is 52.0 Å². The van der Waals surface area contributed by atoms with E-state index in [-0.39, 0.29) is 24.0 Å². The Morgan fingerprint density at radius 3 is 2.60 bits per heavy atom. The summed E-state index contributed by atoms with van der Waals surface area (Å²) in [5.41, 5.74) is 2.67. The van der Waals surface area contributed by atoms with Crippen molar-refractivity contribution in [1.82, 2.24) is 15.5 Å². The predicted molar refractivity (Wildman–Crippen MR) is 117 cm³/mol. The van der Waals surface area contributed by atoms with Crippen LogP contribution in [0.25, 0.3) is 0 Å². The van der Waals surface area contributed by atoms with Crippen LogP contribution >= 0.6 is 24.0 Å². The molecule has 2 aliphatic rings. The molecule has 3 rings (SSSR count). The summed E-state index contributed by atoms with van der Waals surface area (Å²) in [5, 5.41) is 7.05. The Labute approximate surface area is 169 Å². The number of rotatable bonds is 6. The Balaban J connectivity index is 0.00000225. The summed E-state index contributed by atoms with van der Waals surface area (Å²) in [6.07, 6.45) is 4.99. The maximum atomic E-state index is 4.78. The SMILES string of the molecule is CCNC(=NCCc1ccc(C)cc1)NC1CC(C)N(C2CC2)C1.I. The molecule has 2 unspecified atom stereocenters. The maximum Gasteiger partial charge on any atom is 0.191 e. The molecule has 0 bridgehead atoms. The first kappa shape index (κ1) is 20.5. The minimum absolute atomic E-state index is 0. The Hall–Kier alpha value is -0.820. The number of benzene rings is 1. The summed E-state index contributed by atoms with van der Waals surface area (Å²) in [6, 6.07) is 10.8. The summed E-state index contributed by atoms with van der Waals surface area (Å²) in [5.74, 6) is 0.972. The van der Waals surface area contributed by atoms with Crippen molar-refractivity contribution in [2.45, 2.75) is 64.6 Å². The van der Waals surface area contributed by atoms with Crippen molar-refractivity contribution in [3.05, 3.63) is 35.4 Å². The van der Waals surface area contributed by atoms with Gasteiger partial charge in [0.25, 0.3) is 0 Å². The highest BCUT2D eigenvalue weighted by molar-refractivity contribution is 14.0. The molecule has 0 aromatic heterocycles. The molecule has 1 saturated carbocycles. The van der Waals surface area contributed by atoms with Crippen LogP contribution in [0.4, 0.5) is 0 Å². The molecule has 2 atom stereocenters. The van der Waals surface area contributed by atoms with Gasteiger partial charge in [-0.25, -0.2) is 0 Å². The van der Waals surface area contributed by atoms with Gasteiger partial charge in [-0.1, -0.05) is 29.8 Å². The molecule has 0 amide bonds. The van der Waals surface area contributed by atoms with E-state index in [0.29, 0.717) is 12.1 Å². The molecule has 0 radical (unpaired) electrons. The lowest BCUT2D eigenvalue weighted by atomic mass is 10.1. The third-order valence-electron chi connectivity index (χ3n) is 5.11. The second-order valence-corrected chi connectivity index (χ2v) is 7.35. The first-order valence-electron chi connectivity index (χ1n) is 9.52. The first-order chi connectivity index (χ1) is 11.7. The van der Waals surface area contributed by atoms with Gasteiger partial charge in [-0.2, -0.15) is 0 Å². The standard InChI is InChI=1S/C20H32N4.HI/c1-4-21-20(22-12-11-17-7-5-15(2)6-8-17)23-18-13-16(3)24(14-18)19-9-10-19;/h5-8,16,18-19H,4,9-14H2,1-3H3,(H2,21,22,23);1H. The summed E-state index contributed by atoms with van der Waals surface area (Å²) in [4.78, 5) is 7.46. The van der Waals surface area contributed by atoms with E-state index in [1.165, 1.54) is 30.4 Å². The number of guanidine groups is 1. The Morgan fingerprint density at radius 2 is 1.96 bits per heavy atom. The average molecular weight is 456 g/mol. The van der Waals surface area contributed by atoms with Crippen molar-refractivity contribution in [3.63, 3.8) is 0 Å². The summed E-state index contributed by atoms with van der Waals surface area (Å²) in [6.45, 7) is 9.52. The van der Waals surface area contributed by atoms with Crippen LogP contribution in [0.15, 0.2) is 29.3 Å². The predicted octanol–water partition coefficient (Wildman–Crippen LogP) is 3.34. The quantitative estimate of drug-likeness (QED) is 0.392. The Bertz CT molecular complexity index is 553. The van der Waals surface area contributed by atoms with Gasteiger partial charge in [-0.3, -0.25) is 9.89 Å². The maximum absolute atomic E-state index is 4.78. The van der Waals surface area contributed by atoms with Crippen molar-refractivity contribution < 1.29 is 0 Å². The highest BCUT2D eigenvalue weighted by atomic mass is 127. The van der Waals surface area contributed by atoms with E-state index >= 15 is 0 Å². The summed E-state index contributed by atoms with van der Waals surface area (Å²) in [7, 11) is 0. The normalized spacial score (nSPS) is 24.0. The van der Waals surface area contributed by atoms with E-state index in [1.54, 1.807) is 0 Å². The van der Waals surface area contributed by atoms with Gasteiger partial charge in [0.05, 0.1) is 0 Å². The number of aliphatic imine (C=N–C) groups is 1. The van der Waals surface area contributed by atoms with Crippen LogP contribution in [0.2, 0.25) is 0 Å². The molecular formula is C20H33IN4. The van der Waals surface area contributed by atoms with Gasteiger partial charge in [-0.15, -0.1) is 24.0 Å². The lowest BCUT2D eigenvalue weighted by Crippen LogP contribution is -2.44. The zero-order valence-corrected chi connectivity index (χ0v) is 18.1. The lowest BCUT2D eigenvalue weighted by molar-refractivity contribution is 0.256. The molecule has 2 fully saturated rings. The van der Waals surface area contributed by atoms with Gasteiger partial charge >= 0.3 is 0 Å². The molecule has 2 N–H and O–H groups in total. The van der Waals surface area contributed by atoms with Crippen LogP contribution in [-0.2, 0) is 6.42 Å². The first-order valence-corrected chi connectivity index (χ1v) is 9.52. The fourth-order valence-corrected chi connectivity index (χ4v) is 3.64. The molecule has 1 aliphatic heterocycles. The van der Waals surface area contributed by atoms with E-state index in [4.69, 9.17) is 4.99 Å². The zero-order chi connectivity index (χ0) is 16.9. The third kappa shape index (κ3) is 6.13. The fourth-order valence-electron chi connectivity index (χ4n) is 3.64. The number of hydrogen-bond donors (Lipinski definition) is 2. The fraction of sp³-hybridized carbons (Fsp3) is 0.650. The number of aryl methyl sites for hydroxylation is 1. The van der Waals surface area contributed by atoms with Crippen molar-refractivity contribution >= 4 is 29.9 Å². The third-order valence-corrected chi connectivity index (χ3v) is 5.11. The van der Waals surface area contributed by atoms with Crippen molar-refractivity contribution in [1.29, 1.82) is 0 Å². The second-order valence-electron chi connectivity index (χ2n) is 7.35. The molecule has 1 heterocycles. The van der Waals surface area contributed by atoms with E-state index in [9.17, 15) is 0 Å². The number of halogens is 1. The number of likely N-dealkylation sites (tertiary alicyclic amines) is 1. The molecular weight excluding hydrogens is 423 g/mol. The van der Waals surface area contributed by atoms with E-state index in [2.05, 4.69) is 60.6 Å². The van der Waals surface area contributed by atoms with Gasteiger partial charge in [0.1, 0.15) is 0 Å². The molecule has 4 nitrogen and oxygen atoms in total. The smallest absolute Gasteiger partial charge is 0.191 e. The van der Waals surface area contributed by atoms with Crippen molar-refractivity contribution in [2.75, 3.05) is 19.6 Å². The van der Waals surface area contributed by atoms with Crippen LogP contribution in [-0.4, -0.2) is 48.6 Å². The molecule has 1 saturated heterocycles. The zero-order valence-electron chi connectivity index (χ0n) is 15.8. The highest BCUT2D eigenvalue weighted by Crippen LogP contribution is 2.33. The van der Waals surface area contributed by atoms with Crippen molar-refractivity contribution in [2.24, 2.45) is 4.99 Å². The van der Waals surface area contributed by atoms with Gasteiger partial charge in [0.2, 0.25) is 0 Å². The molecule has 1 aliphatic carbocycles. The number of nitrogens with one attached hydrogen (secondary N) is 2. The average Bonchev–Trinajstić information content (AvgIpc) is 3.33. The van der Waals surface area contributed by atoms with Gasteiger partial charge in [0.15, 0.2) is 5.96 Å². The van der Waals surface area contributed by atoms with Gasteiger partial charge < -0.3 is 10.6 Å². The largest absolute Gasteiger partial charge is 0.357 e. The molecule has 25 heavy (non-hydrogen) atoms. The second kappa shape index (κ2) is 9.76. The topological polar surface area (TPSA) is 39.7 Å². The number of hydrogen-bond acceptors (Lipinski definition) is 2. The van der Waals surface area contributed by atoms with Crippen LogP contribution in [0.1, 0.15) is 44.2 Å². The van der Waals surface area contributed by atoms with Crippen LogP contribution in [0, 0.1) is 6.92 Å². The summed E-state index contributed by atoms with van der Waals surface area (Å²) < 4.78 is 0. The molecule has 5 heteroatoms. The molecule has 0 spiro atoms. The van der Waals surface area contributed by atoms with Crippen LogP contribution in [0.3, 0.4) is 0 Å². The minimum atomic E-state index is 0. The Morgan fingerprint density at radius 1 is 1.24 bits per heavy atom.